The molecule has 2 amide bonds. The minimum Gasteiger partial charge on any atom is -0.355 e. The van der Waals surface area contributed by atoms with Gasteiger partial charge in [-0.15, -0.1) is 10.2 Å². The highest BCUT2D eigenvalue weighted by Crippen LogP contribution is 2.23. The summed E-state index contributed by atoms with van der Waals surface area (Å²) in [4.78, 5) is 26.4. The van der Waals surface area contributed by atoms with Gasteiger partial charge in [-0.1, -0.05) is 23.4 Å². The second-order valence-electron chi connectivity index (χ2n) is 7.50. The fraction of sp³-hybridized carbons (Fsp3) is 0.429. The van der Waals surface area contributed by atoms with Gasteiger partial charge >= 0.3 is 0 Å². The summed E-state index contributed by atoms with van der Waals surface area (Å²) in [5.74, 6) is 1.13. The van der Waals surface area contributed by atoms with E-state index in [2.05, 4.69) is 25.7 Å². The Morgan fingerprint density at radius 2 is 1.83 bits per heavy atom. The van der Waals surface area contributed by atoms with Crippen molar-refractivity contribution in [2.45, 2.75) is 37.8 Å². The summed E-state index contributed by atoms with van der Waals surface area (Å²) in [5, 5.41) is 15.7. The molecule has 0 aliphatic carbocycles. The van der Waals surface area contributed by atoms with Crippen LogP contribution in [0.25, 0.3) is 0 Å². The molecule has 0 spiro atoms. The number of carbonyl (C=O) groups is 2. The quantitative estimate of drug-likeness (QED) is 0.630. The number of anilines is 2. The molecule has 1 aliphatic rings. The second kappa shape index (κ2) is 10.6. The molecule has 1 saturated heterocycles. The zero-order chi connectivity index (χ0) is 21.5. The van der Waals surface area contributed by atoms with Gasteiger partial charge in [0.25, 0.3) is 0 Å². The van der Waals surface area contributed by atoms with Crippen molar-refractivity contribution in [3.63, 3.8) is 0 Å². The number of amides is 2. The van der Waals surface area contributed by atoms with Gasteiger partial charge in [-0.3, -0.25) is 9.59 Å². The molecule has 160 valence electrons. The molecule has 2 aromatic rings. The van der Waals surface area contributed by atoms with Crippen LogP contribution in [0.4, 0.5) is 11.5 Å². The van der Waals surface area contributed by atoms with Gasteiger partial charge in [-0.25, -0.2) is 0 Å². The Morgan fingerprint density at radius 3 is 2.43 bits per heavy atom. The van der Waals surface area contributed by atoms with Gasteiger partial charge in [0, 0.05) is 35.8 Å². The molecule has 0 bridgehead atoms. The van der Waals surface area contributed by atoms with Crippen LogP contribution >= 0.6 is 23.4 Å². The van der Waals surface area contributed by atoms with Crippen LogP contribution in [0.2, 0.25) is 5.02 Å². The lowest BCUT2D eigenvalue weighted by atomic mass is 9.95. The van der Waals surface area contributed by atoms with Crippen LogP contribution in [0.5, 0.6) is 0 Å². The molecule has 0 atom stereocenters. The third kappa shape index (κ3) is 6.60. The van der Waals surface area contributed by atoms with Crippen molar-refractivity contribution < 1.29 is 9.59 Å². The highest BCUT2D eigenvalue weighted by molar-refractivity contribution is 7.99. The molecular weight excluding hydrogens is 422 g/mol. The number of thioether (sulfide) groups is 1. The fourth-order valence-electron chi connectivity index (χ4n) is 3.20. The van der Waals surface area contributed by atoms with Gasteiger partial charge in [-0.2, -0.15) is 0 Å². The van der Waals surface area contributed by atoms with E-state index in [-0.39, 0.29) is 29.5 Å². The largest absolute Gasteiger partial charge is 0.355 e. The lowest BCUT2D eigenvalue weighted by Gasteiger charge is -2.32. The number of benzene rings is 1. The van der Waals surface area contributed by atoms with Gasteiger partial charge < -0.3 is 15.5 Å². The number of carbonyl (C=O) groups excluding carboxylic acids is 2. The number of halogens is 1. The standard InChI is InChI=1S/C21H26ClN5O2S/c1-14(2)23-21(29)15-9-11-27(12-10-15)18-7-8-20(26-25-18)30-13-19(28)24-17-5-3-16(22)4-6-17/h3-8,14-15H,9-13H2,1-2H3,(H,23,29)(H,24,28). The molecule has 1 fully saturated rings. The molecule has 0 unspecified atom stereocenters. The van der Waals surface area contributed by atoms with Crippen molar-refractivity contribution in [2.24, 2.45) is 5.92 Å². The van der Waals surface area contributed by atoms with Crippen LogP contribution in [0.1, 0.15) is 26.7 Å². The van der Waals surface area contributed by atoms with E-state index >= 15 is 0 Å². The average molecular weight is 448 g/mol. The van der Waals surface area contributed by atoms with Crippen LogP contribution in [-0.2, 0) is 9.59 Å². The predicted octanol–water partition coefficient (Wildman–Crippen LogP) is 3.60. The first kappa shape index (κ1) is 22.4. The van der Waals surface area contributed by atoms with Crippen LogP contribution in [0.15, 0.2) is 41.4 Å². The highest BCUT2D eigenvalue weighted by Gasteiger charge is 2.26. The van der Waals surface area contributed by atoms with Gasteiger partial charge in [0.15, 0.2) is 5.82 Å². The summed E-state index contributed by atoms with van der Waals surface area (Å²) in [6.45, 7) is 5.51. The Bertz CT molecular complexity index is 853. The average Bonchev–Trinajstić information content (AvgIpc) is 2.74. The van der Waals surface area contributed by atoms with Crippen molar-refractivity contribution in [1.82, 2.24) is 15.5 Å². The Labute approximate surface area is 186 Å². The van der Waals surface area contributed by atoms with Crippen molar-refractivity contribution in [1.29, 1.82) is 0 Å². The van der Waals surface area contributed by atoms with Crippen LogP contribution < -0.4 is 15.5 Å². The van der Waals surface area contributed by atoms with Crippen molar-refractivity contribution in [2.75, 3.05) is 29.1 Å². The van der Waals surface area contributed by atoms with Crippen molar-refractivity contribution in [3.8, 4) is 0 Å². The second-order valence-corrected chi connectivity index (χ2v) is 8.93. The molecule has 1 aliphatic heterocycles. The Hall–Kier alpha value is -2.32. The van der Waals surface area contributed by atoms with E-state index < -0.39 is 0 Å². The normalized spacial score (nSPS) is 14.6. The third-order valence-electron chi connectivity index (χ3n) is 4.73. The molecule has 0 radical (unpaired) electrons. The van der Waals surface area contributed by atoms with Gasteiger partial charge in [0.05, 0.1) is 5.75 Å². The number of hydrogen-bond acceptors (Lipinski definition) is 6. The molecule has 1 aromatic heterocycles. The number of rotatable bonds is 7. The van der Waals surface area contributed by atoms with E-state index in [4.69, 9.17) is 11.6 Å². The Morgan fingerprint density at radius 1 is 1.13 bits per heavy atom. The molecule has 2 N–H and O–H groups in total. The van der Waals surface area contributed by atoms with E-state index in [1.807, 2.05) is 26.0 Å². The first-order valence-electron chi connectivity index (χ1n) is 9.98. The van der Waals surface area contributed by atoms with E-state index in [1.165, 1.54) is 11.8 Å². The molecule has 30 heavy (non-hydrogen) atoms. The first-order valence-corrected chi connectivity index (χ1v) is 11.3. The zero-order valence-corrected chi connectivity index (χ0v) is 18.7. The summed E-state index contributed by atoms with van der Waals surface area (Å²) in [6, 6.07) is 10.9. The summed E-state index contributed by atoms with van der Waals surface area (Å²) >= 11 is 7.18. The van der Waals surface area contributed by atoms with Gasteiger partial charge in [-0.05, 0) is 63.1 Å². The molecular formula is C21H26ClN5O2S. The van der Waals surface area contributed by atoms with Crippen LogP contribution in [0.3, 0.4) is 0 Å². The summed E-state index contributed by atoms with van der Waals surface area (Å²) in [7, 11) is 0. The number of aromatic nitrogens is 2. The van der Waals surface area contributed by atoms with Crippen LogP contribution in [0, 0.1) is 5.92 Å². The number of nitrogens with one attached hydrogen (secondary N) is 2. The number of hydrogen-bond donors (Lipinski definition) is 2. The maximum atomic E-state index is 12.2. The minimum absolute atomic E-state index is 0.0607. The molecule has 1 aromatic carbocycles. The smallest absolute Gasteiger partial charge is 0.234 e. The fourth-order valence-corrected chi connectivity index (χ4v) is 3.94. The van der Waals surface area contributed by atoms with Gasteiger partial charge in [0.1, 0.15) is 5.03 Å². The number of piperidine rings is 1. The molecule has 7 nitrogen and oxygen atoms in total. The lowest BCUT2D eigenvalue weighted by molar-refractivity contribution is -0.126. The zero-order valence-electron chi connectivity index (χ0n) is 17.1. The maximum Gasteiger partial charge on any atom is 0.234 e. The first-order chi connectivity index (χ1) is 14.4. The van der Waals surface area contributed by atoms with E-state index in [0.717, 1.165) is 31.7 Å². The molecule has 0 saturated carbocycles. The summed E-state index contributed by atoms with van der Waals surface area (Å²) in [5.41, 5.74) is 0.705. The summed E-state index contributed by atoms with van der Waals surface area (Å²) < 4.78 is 0. The summed E-state index contributed by atoms with van der Waals surface area (Å²) in [6.07, 6.45) is 1.61. The van der Waals surface area contributed by atoms with E-state index in [1.54, 1.807) is 24.3 Å². The van der Waals surface area contributed by atoms with E-state index in [9.17, 15) is 9.59 Å². The topological polar surface area (TPSA) is 87.2 Å². The van der Waals surface area contributed by atoms with Crippen LogP contribution in [-0.4, -0.2) is 46.9 Å². The predicted molar refractivity (Wildman–Crippen MR) is 121 cm³/mol. The molecule has 9 heteroatoms. The Kier molecular flexibility index (Phi) is 7.93. The highest BCUT2D eigenvalue weighted by atomic mass is 35.5. The van der Waals surface area contributed by atoms with E-state index in [0.29, 0.717) is 15.7 Å². The third-order valence-corrected chi connectivity index (χ3v) is 5.90. The van der Waals surface area contributed by atoms with Crippen molar-refractivity contribution in [3.05, 3.63) is 41.4 Å². The minimum atomic E-state index is -0.116. The molecule has 3 rings (SSSR count). The lowest BCUT2D eigenvalue weighted by Crippen LogP contribution is -2.42. The van der Waals surface area contributed by atoms with Gasteiger partial charge in [0.2, 0.25) is 11.8 Å². The monoisotopic (exact) mass is 447 g/mol. The SMILES string of the molecule is CC(C)NC(=O)C1CCN(c2ccc(SCC(=O)Nc3ccc(Cl)cc3)nn2)CC1. The van der Waals surface area contributed by atoms with Crippen molar-refractivity contribution >= 4 is 46.7 Å². The maximum absolute atomic E-state index is 12.2. The number of nitrogens with zero attached hydrogens (tertiary/aromatic N) is 3. The Balaban J connectivity index is 1.44. The molecule has 2 heterocycles.